The predicted molar refractivity (Wildman–Crippen MR) is 53.7 cm³/mol. The summed E-state index contributed by atoms with van der Waals surface area (Å²) in [7, 11) is -3.94. The summed E-state index contributed by atoms with van der Waals surface area (Å²) in [6.07, 6.45) is 1.48. The van der Waals surface area contributed by atoms with Crippen molar-refractivity contribution in [3.63, 3.8) is 0 Å². The second kappa shape index (κ2) is 5.07. The van der Waals surface area contributed by atoms with Gasteiger partial charge < -0.3 is 20.2 Å². The van der Waals surface area contributed by atoms with Crippen molar-refractivity contribution in [3.8, 4) is 0 Å². The molecule has 15 heavy (non-hydrogen) atoms. The molecule has 1 saturated heterocycles. The molecular formula is C8H16NO5P. The zero-order chi connectivity index (χ0) is 11.5. The maximum Gasteiger partial charge on any atom is 0.325 e. The average Bonchev–Trinajstić information content (AvgIpc) is 2.14. The minimum Gasteiger partial charge on any atom is -0.480 e. The smallest absolute Gasteiger partial charge is 0.325 e. The molecule has 2 atom stereocenters. The van der Waals surface area contributed by atoms with Crippen LogP contribution in [0.3, 0.4) is 0 Å². The van der Waals surface area contributed by atoms with E-state index in [0.29, 0.717) is 19.4 Å². The molecule has 1 rings (SSSR count). The summed E-state index contributed by atoms with van der Waals surface area (Å²) in [5.41, 5.74) is 0. The monoisotopic (exact) mass is 237 g/mol. The highest BCUT2D eigenvalue weighted by molar-refractivity contribution is 7.51. The number of carboxylic acid groups (broad SMARTS) is 1. The first kappa shape index (κ1) is 12.6. The number of carboxylic acids is 1. The van der Waals surface area contributed by atoms with Crippen LogP contribution in [0, 0.1) is 5.92 Å². The molecule has 0 aliphatic carbocycles. The second-order valence-corrected chi connectivity index (χ2v) is 5.69. The van der Waals surface area contributed by atoms with Gasteiger partial charge in [0.25, 0.3) is 0 Å². The Kier molecular flexibility index (Phi) is 4.28. The van der Waals surface area contributed by atoms with Crippen LogP contribution in [-0.2, 0) is 9.36 Å². The molecule has 0 aromatic carbocycles. The Bertz CT molecular complexity index is 276. The lowest BCUT2D eigenvalue weighted by Crippen LogP contribution is -2.43. The fraction of sp³-hybridized carbons (Fsp3) is 0.875. The molecule has 88 valence electrons. The standard InChI is InChI=1S/C8H16NO5P/c10-8(11)7-5-6(1-3-9-7)2-4-15(12,13)14/h6-7,9H,1-5H2,(H,10,11)(H2,12,13,14). The van der Waals surface area contributed by atoms with Crippen molar-refractivity contribution in [3.05, 3.63) is 0 Å². The van der Waals surface area contributed by atoms with Crippen LogP contribution in [0.2, 0.25) is 0 Å². The quantitative estimate of drug-likeness (QED) is 0.513. The molecule has 0 spiro atoms. The highest BCUT2D eigenvalue weighted by atomic mass is 31.2. The Balaban J connectivity index is 2.37. The molecule has 1 heterocycles. The van der Waals surface area contributed by atoms with E-state index in [1.54, 1.807) is 0 Å². The van der Waals surface area contributed by atoms with Gasteiger partial charge in [-0.2, -0.15) is 0 Å². The average molecular weight is 237 g/mol. The van der Waals surface area contributed by atoms with Gasteiger partial charge in [-0.1, -0.05) is 0 Å². The van der Waals surface area contributed by atoms with Crippen molar-refractivity contribution < 1.29 is 24.3 Å². The number of rotatable bonds is 4. The lowest BCUT2D eigenvalue weighted by atomic mass is 9.90. The molecule has 0 aromatic heterocycles. The first-order valence-electron chi connectivity index (χ1n) is 4.89. The SMILES string of the molecule is O=C(O)C1CC(CCP(=O)(O)O)CCN1. The summed E-state index contributed by atoms with van der Waals surface area (Å²) in [6.45, 7) is 0.600. The van der Waals surface area contributed by atoms with Gasteiger partial charge in [-0.15, -0.1) is 0 Å². The van der Waals surface area contributed by atoms with Crippen LogP contribution in [0.5, 0.6) is 0 Å². The fourth-order valence-electron chi connectivity index (χ4n) is 1.80. The molecule has 1 aliphatic rings. The maximum absolute atomic E-state index is 10.7. The van der Waals surface area contributed by atoms with E-state index >= 15 is 0 Å². The van der Waals surface area contributed by atoms with Gasteiger partial charge >= 0.3 is 13.6 Å². The van der Waals surface area contributed by atoms with Gasteiger partial charge in [0, 0.05) is 0 Å². The van der Waals surface area contributed by atoms with E-state index in [9.17, 15) is 9.36 Å². The maximum atomic E-state index is 10.7. The van der Waals surface area contributed by atoms with Gasteiger partial charge in [-0.05, 0) is 31.7 Å². The van der Waals surface area contributed by atoms with E-state index in [2.05, 4.69) is 5.32 Å². The molecule has 0 saturated carbocycles. The number of nitrogens with one attached hydrogen (secondary N) is 1. The molecule has 0 radical (unpaired) electrons. The van der Waals surface area contributed by atoms with E-state index in [0.717, 1.165) is 6.42 Å². The normalized spacial score (nSPS) is 27.6. The van der Waals surface area contributed by atoms with Gasteiger partial charge in [-0.3, -0.25) is 9.36 Å². The first-order chi connectivity index (χ1) is 6.88. The predicted octanol–water partition coefficient (Wildman–Crippen LogP) is 0.00700. The van der Waals surface area contributed by atoms with Crippen molar-refractivity contribution >= 4 is 13.6 Å². The van der Waals surface area contributed by atoms with Crippen molar-refractivity contribution in [2.45, 2.75) is 25.3 Å². The fourth-order valence-corrected chi connectivity index (χ4v) is 2.50. The Hall–Kier alpha value is -0.420. The number of piperidine rings is 1. The third-order valence-corrected chi connectivity index (χ3v) is 3.48. The second-order valence-electron chi connectivity index (χ2n) is 3.91. The first-order valence-corrected chi connectivity index (χ1v) is 6.69. The highest BCUT2D eigenvalue weighted by Gasteiger charge is 2.27. The molecule has 0 aromatic rings. The van der Waals surface area contributed by atoms with Crippen LogP contribution >= 0.6 is 7.60 Å². The summed E-state index contributed by atoms with van der Waals surface area (Å²) < 4.78 is 10.7. The van der Waals surface area contributed by atoms with Crippen molar-refractivity contribution in [1.82, 2.24) is 5.32 Å². The van der Waals surface area contributed by atoms with Crippen LogP contribution < -0.4 is 5.32 Å². The Labute approximate surface area is 87.8 Å². The Morgan fingerprint density at radius 2 is 2.13 bits per heavy atom. The summed E-state index contributed by atoms with van der Waals surface area (Å²) >= 11 is 0. The van der Waals surface area contributed by atoms with Crippen LogP contribution in [0.4, 0.5) is 0 Å². The van der Waals surface area contributed by atoms with E-state index in [1.807, 2.05) is 0 Å². The summed E-state index contributed by atoms with van der Waals surface area (Å²) in [6, 6.07) is -0.569. The Morgan fingerprint density at radius 1 is 1.47 bits per heavy atom. The number of hydrogen-bond donors (Lipinski definition) is 4. The molecule has 0 bridgehead atoms. The van der Waals surface area contributed by atoms with Crippen molar-refractivity contribution in [1.29, 1.82) is 0 Å². The Morgan fingerprint density at radius 3 is 2.67 bits per heavy atom. The van der Waals surface area contributed by atoms with Gasteiger partial charge in [0.2, 0.25) is 0 Å². The van der Waals surface area contributed by atoms with E-state index in [1.165, 1.54) is 0 Å². The molecule has 7 heteroatoms. The molecule has 4 N–H and O–H groups in total. The highest BCUT2D eigenvalue weighted by Crippen LogP contribution is 2.37. The van der Waals surface area contributed by atoms with Gasteiger partial charge in [-0.25, -0.2) is 0 Å². The van der Waals surface area contributed by atoms with Crippen molar-refractivity contribution in [2.75, 3.05) is 12.7 Å². The third kappa shape index (κ3) is 4.75. The minimum absolute atomic E-state index is 0.0972. The topological polar surface area (TPSA) is 107 Å². The number of aliphatic carboxylic acids is 1. The van der Waals surface area contributed by atoms with E-state index < -0.39 is 19.6 Å². The third-order valence-electron chi connectivity index (χ3n) is 2.64. The van der Waals surface area contributed by atoms with Crippen molar-refractivity contribution in [2.24, 2.45) is 5.92 Å². The molecule has 1 aliphatic heterocycles. The van der Waals surface area contributed by atoms with Crippen LogP contribution in [0.1, 0.15) is 19.3 Å². The van der Waals surface area contributed by atoms with Gasteiger partial charge in [0.05, 0.1) is 6.16 Å². The zero-order valence-electron chi connectivity index (χ0n) is 8.30. The van der Waals surface area contributed by atoms with Gasteiger partial charge in [0.1, 0.15) is 6.04 Å². The van der Waals surface area contributed by atoms with E-state index in [4.69, 9.17) is 14.9 Å². The molecule has 6 nitrogen and oxygen atoms in total. The molecular weight excluding hydrogens is 221 g/mol. The summed E-state index contributed by atoms with van der Waals surface area (Å²) in [5, 5.41) is 11.6. The van der Waals surface area contributed by atoms with Crippen LogP contribution in [0.25, 0.3) is 0 Å². The van der Waals surface area contributed by atoms with Gasteiger partial charge in [0.15, 0.2) is 0 Å². The number of hydrogen-bond acceptors (Lipinski definition) is 3. The summed E-state index contributed by atoms with van der Waals surface area (Å²) in [5.74, 6) is -0.796. The zero-order valence-corrected chi connectivity index (χ0v) is 9.19. The summed E-state index contributed by atoms with van der Waals surface area (Å²) in [4.78, 5) is 28.1. The molecule has 0 amide bonds. The van der Waals surface area contributed by atoms with Crippen LogP contribution in [0.15, 0.2) is 0 Å². The largest absolute Gasteiger partial charge is 0.480 e. The van der Waals surface area contributed by atoms with Crippen LogP contribution in [-0.4, -0.2) is 39.6 Å². The minimum atomic E-state index is -3.94. The lowest BCUT2D eigenvalue weighted by Gasteiger charge is -2.27. The van der Waals surface area contributed by atoms with E-state index in [-0.39, 0.29) is 12.1 Å². The lowest BCUT2D eigenvalue weighted by molar-refractivity contribution is -0.140. The number of carbonyl (C=O) groups is 1. The molecule has 2 unspecified atom stereocenters. The molecule has 1 fully saturated rings.